The van der Waals surface area contributed by atoms with Gasteiger partial charge in [0.25, 0.3) is 5.91 Å². The van der Waals surface area contributed by atoms with Crippen LogP contribution in [0.4, 0.5) is 5.95 Å². The van der Waals surface area contributed by atoms with Crippen molar-refractivity contribution in [2.45, 2.75) is 0 Å². The van der Waals surface area contributed by atoms with Crippen LogP contribution in [0.3, 0.4) is 0 Å². The molecule has 0 unspecified atom stereocenters. The zero-order valence-electron chi connectivity index (χ0n) is 8.64. The summed E-state index contributed by atoms with van der Waals surface area (Å²) in [6.45, 7) is 0. The molecule has 17 heavy (non-hydrogen) atoms. The third-order valence-corrected chi connectivity index (χ3v) is 2.41. The van der Waals surface area contributed by atoms with Crippen molar-refractivity contribution in [1.82, 2.24) is 25.6 Å². The molecule has 0 aliphatic rings. The summed E-state index contributed by atoms with van der Waals surface area (Å²) in [6, 6.07) is 7.56. The molecule has 3 rings (SSSR count). The molecule has 3 aromatic rings. The maximum absolute atomic E-state index is 11.9. The highest BCUT2D eigenvalue weighted by atomic mass is 16.1. The van der Waals surface area contributed by atoms with Gasteiger partial charge in [-0.25, -0.2) is 5.10 Å². The SMILES string of the molecule is O=C(Nc1nnn[nH]1)c1c[nH]c2ccccc12. The Morgan fingerprint density at radius 1 is 1.29 bits per heavy atom. The van der Waals surface area contributed by atoms with E-state index >= 15 is 0 Å². The largest absolute Gasteiger partial charge is 0.360 e. The summed E-state index contributed by atoms with van der Waals surface area (Å²) in [5.41, 5.74) is 1.46. The zero-order valence-corrected chi connectivity index (χ0v) is 8.64. The van der Waals surface area contributed by atoms with E-state index in [1.54, 1.807) is 6.20 Å². The number of rotatable bonds is 2. The van der Waals surface area contributed by atoms with Crippen LogP contribution in [-0.2, 0) is 0 Å². The summed E-state index contributed by atoms with van der Waals surface area (Å²) in [5.74, 6) is -0.0405. The molecule has 84 valence electrons. The molecule has 0 radical (unpaired) electrons. The number of para-hydroxylation sites is 1. The van der Waals surface area contributed by atoms with E-state index in [4.69, 9.17) is 0 Å². The van der Waals surface area contributed by atoms with Crippen LogP contribution in [-0.4, -0.2) is 31.5 Å². The summed E-state index contributed by atoms with van der Waals surface area (Å²) in [7, 11) is 0. The maximum atomic E-state index is 11.9. The number of nitrogens with zero attached hydrogens (tertiary/aromatic N) is 3. The van der Waals surface area contributed by atoms with Crippen LogP contribution >= 0.6 is 0 Å². The number of carbonyl (C=O) groups excluding carboxylic acids is 1. The summed E-state index contributed by atoms with van der Waals surface area (Å²) in [6.07, 6.45) is 1.66. The predicted octanol–water partition coefficient (Wildman–Crippen LogP) is 0.933. The fourth-order valence-electron chi connectivity index (χ4n) is 1.65. The van der Waals surface area contributed by atoms with E-state index in [-0.39, 0.29) is 11.9 Å². The Labute approximate surface area is 95.2 Å². The Morgan fingerprint density at radius 2 is 2.18 bits per heavy atom. The van der Waals surface area contributed by atoms with Crippen molar-refractivity contribution >= 4 is 22.8 Å². The van der Waals surface area contributed by atoms with Crippen LogP contribution in [0.15, 0.2) is 30.5 Å². The van der Waals surface area contributed by atoms with Crippen molar-refractivity contribution in [3.63, 3.8) is 0 Å². The number of carbonyl (C=O) groups is 1. The standard InChI is InChI=1S/C10H8N6O/c17-9(12-10-13-15-16-14-10)7-5-11-8-4-2-1-3-6(7)8/h1-5,11H,(H2,12,13,14,15,16,17). The van der Waals surface area contributed by atoms with Gasteiger partial charge in [0, 0.05) is 17.1 Å². The Balaban J connectivity index is 1.96. The van der Waals surface area contributed by atoms with Gasteiger partial charge in [0.2, 0.25) is 5.95 Å². The molecule has 1 amide bonds. The molecule has 0 aliphatic carbocycles. The Hall–Kier alpha value is -2.70. The molecule has 0 spiro atoms. The van der Waals surface area contributed by atoms with Gasteiger partial charge in [-0.2, -0.15) is 0 Å². The number of H-pyrrole nitrogens is 2. The van der Waals surface area contributed by atoms with E-state index < -0.39 is 0 Å². The van der Waals surface area contributed by atoms with Crippen molar-refractivity contribution < 1.29 is 4.79 Å². The molecule has 0 aliphatic heterocycles. The smallest absolute Gasteiger partial charge is 0.260 e. The van der Waals surface area contributed by atoms with Crippen LogP contribution in [0.25, 0.3) is 10.9 Å². The number of aromatic nitrogens is 5. The van der Waals surface area contributed by atoms with Crippen LogP contribution in [0.5, 0.6) is 0 Å². The van der Waals surface area contributed by atoms with Gasteiger partial charge in [-0.15, -0.1) is 0 Å². The molecule has 2 heterocycles. The fourth-order valence-corrected chi connectivity index (χ4v) is 1.65. The fraction of sp³-hybridized carbons (Fsp3) is 0. The molecule has 0 saturated carbocycles. The quantitative estimate of drug-likeness (QED) is 0.607. The molecule has 1 aromatic carbocycles. The minimum absolute atomic E-state index is 0.222. The third kappa shape index (κ3) is 1.63. The van der Waals surface area contributed by atoms with E-state index in [0.29, 0.717) is 5.56 Å². The lowest BCUT2D eigenvalue weighted by atomic mass is 10.1. The average Bonchev–Trinajstić information content (AvgIpc) is 2.96. The predicted molar refractivity (Wildman–Crippen MR) is 60.4 cm³/mol. The first kappa shape index (κ1) is 9.52. The van der Waals surface area contributed by atoms with E-state index in [1.165, 1.54) is 0 Å². The zero-order chi connectivity index (χ0) is 11.7. The first-order valence-electron chi connectivity index (χ1n) is 4.96. The van der Waals surface area contributed by atoms with Crippen molar-refractivity contribution in [1.29, 1.82) is 0 Å². The van der Waals surface area contributed by atoms with Crippen LogP contribution in [0.1, 0.15) is 10.4 Å². The second-order valence-corrected chi connectivity index (χ2v) is 3.45. The molecule has 7 heteroatoms. The molecular formula is C10H8N6O. The van der Waals surface area contributed by atoms with Crippen molar-refractivity contribution in [3.05, 3.63) is 36.0 Å². The van der Waals surface area contributed by atoms with Crippen LogP contribution < -0.4 is 5.32 Å². The Morgan fingerprint density at radius 3 is 3.00 bits per heavy atom. The molecule has 0 saturated heterocycles. The lowest BCUT2D eigenvalue weighted by Gasteiger charge is -1.98. The monoisotopic (exact) mass is 228 g/mol. The minimum Gasteiger partial charge on any atom is -0.360 e. The average molecular weight is 228 g/mol. The second-order valence-electron chi connectivity index (χ2n) is 3.45. The number of hydrogen-bond donors (Lipinski definition) is 3. The topological polar surface area (TPSA) is 99.3 Å². The van der Waals surface area contributed by atoms with Gasteiger partial charge >= 0.3 is 0 Å². The minimum atomic E-state index is -0.263. The Kier molecular flexibility index (Phi) is 2.08. The highest BCUT2D eigenvalue weighted by molar-refractivity contribution is 6.12. The van der Waals surface area contributed by atoms with E-state index in [2.05, 4.69) is 30.9 Å². The lowest BCUT2D eigenvalue weighted by molar-refractivity contribution is 0.102. The number of amides is 1. The third-order valence-electron chi connectivity index (χ3n) is 2.41. The highest BCUT2D eigenvalue weighted by Gasteiger charge is 2.12. The molecule has 0 bridgehead atoms. The van der Waals surface area contributed by atoms with Crippen LogP contribution in [0, 0.1) is 0 Å². The van der Waals surface area contributed by atoms with Gasteiger partial charge in [0.05, 0.1) is 5.56 Å². The molecule has 7 nitrogen and oxygen atoms in total. The maximum Gasteiger partial charge on any atom is 0.260 e. The molecule has 0 atom stereocenters. The molecule has 3 N–H and O–H groups in total. The van der Waals surface area contributed by atoms with Crippen molar-refractivity contribution in [3.8, 4) is 0 Å². The van der Waals surface area contributed by atoms with Gasteiger partial charge in [-0.3, -0.25) is 10.1 Å². The summed E-state index contributed by atoms with van der Waals surface area (Å²) in [4.78, 5) is 15.0. The van der Waals surface area contributed by atoms with Gasteiger partial charge in [0.1, 0.15) is 0 Å². The molecule has 2 aromatic heterocycles. The highest BCUT2D eigenvalue weighted by Crippen LogP contribution is 2.18. The van der Waals surface area contributed by atoms with Gasteiger partial charge in [0.15, 0.2) is 0 Å². The normalized spacial score (nSPS) is 10.6. The summed E-state index contributed by atoms with van der Waals surface area (Å²) < 4.78 is 0. The van der Waals surface area contributed by atoms with E-state index in [9.17, 15) is 4.79 Å². The Bertz CT molecular complexity index is 656. The summed E-state index contributed by atoms with van der Waals surface area (Å²) >= 11 is 0. The van der Waals surface area contributed by atoms with Gasteiger partial charge in [-0.05, 0) is 16.5 Å². The van der Waals surface area contributed by atoms with Crippen LogP contribution in [0.2, 0.25) is 0 Å². The summed E-state index contributed by atoms with van der Waals surface area (Å²) in [5, 5.41) is 16.2. The number of tetrazole rings is 1. The second kappa shape index (κ2) is 3.71. The van der Waals surface area contributed by atoms with Crippen molar-refractivity contribution in [2.75, 3.05) is 5.32 Å². The number of fused-ring (bicyclic) bond motifs is 1. The van der Waals surface area contributed by atoms with Gasteiger partial charge in [-0.1, -0.05) is 23.3 Å². The number of hydrogen-bond acceptors (Lipinski definition) is 4. The molecular weight excluding hydrogens is 220 g/mol. The van der Waals surface area contributed by atoms with Gasteiger partial charge < -0.3 is 4.98 Å². The number of benzene rings is 1. The first-order valence-corrected chi connectivity index (χ1v) is 4.96. The molecule has 0 fully saturated rings. The number of aromatic amines is 2. The lowest BCUT2D eigenvalue weighted by Crippen LogP contribution is -2.12. The first-order chi connectivity index (χ1) is 8.34. The van der Waals surface area contributed by atoms with Crippen molar-refractivity contribution in [2.24, 2.45) is 0 Å². The van der Waals surface area contributed by atoms with E-state index in [0.717, 1.165) is 10.9 Å². The number of anilines is 1. The van der Waals surface area contributed by atoms with E-state index in [1.807, 2.05) is 24.3 Å². The number of nitrogens with one attached hydrogen (secondary N) is 3.